The van der Waals surface area contributed by atoms with E-state index in [2.05, 4.69) is 15.0 Å². The van der Waals surface area contributed by atoms with Crippen molar-refractivity contribution in [2.45, 2.75) is 37.0 Å². The van der Waals surface area contributed by atoms with E-state index >= 15 is 0 Å². The monoisotopic (exact) mass is 444 g/mol. The number of allylic oxidation sites excluding steroid dienone is 2. The number of fused-ring (bicyclic) bond motifs is 1. The van der Waals surface area contributed by atoms with Crippen molar-refractivity contribution < 1.29 is 22.8 Å². The van der Waals surface area contributed by atoms with Gasteiger partial charge in [0.15, 0.2) is 0 Å². The molecule has 1 aliphatic carbocycles. The number of nitrogens with one attached hydrogen (secondary N) is 2. The molecular formula is C21H24N4O5S. The number of imide groups is 1. The molecule has 0 saturated carbocycles. The molecule has 0 aromatic heterocycles. The quantitative estimate of drug-likeness (QED) is 0.507. The van der Waals surface area contributed by atoms with Gasteiger partial charge in [-0.1, -0.05) is 18.2 Å². The van der Waals surface area contributed by atoms with E-state index in [-0.39, 0.29) is 41.5 Å². The maximum Gasteiger partial charge on any atom is 0.262 e. The number of anilines is 1. The third kappa shape index (κ3) is 4.53. The minimum atomic E-state index is -3.79. The van der Waals surface area contributed by atoms with Crippen LogP contribution in [0.2, 0.25) is 0 Å². The van der Waals surface area contributed by atoms with E-state index in [0.717, 1.165) is 6.42 Å². The van der Waals surface area contributed by atoms with Crippen molar-refractivity contribution in [3.05, 3.63) is 36.4 Å². The number of amidine groups is 1. The fourth-order valence-corrected chi connectivity index (χ4v) is 5.24. The lowest BCUT2D eigenvalue weighted by molar-refractivity contribution is -0.140. The lowest BCUT2D eigenvalue weighted by Crippen LogP contribution is -2.34. The first-order chi connectivity index (χ1) is 14.8. The smallest absolute Gasteiger partial charge is 0.262 e. The Bertz CT molecular complexity index is 1050. The maximum atomic E-state index is 12.5. The Morgan fingerprint density at radius 3 is 2.48 bits per heavy atom. The number of sulfonamides is 1. The van der Waals surface area contributed by atoms with Crippen molar-refractivity contribution in [1.29, 1.82) is 0 Å². The topological polar surface area (TPSA) is 125 Å². The highest BCUT2D eigenvalue weighted by molar-refractivity contribution is 7.90. The first kappa shape index (κ1) is 21.2. The minimum absolute atomic E-state index is 0.00979. The van der Waals surface area contributed by atoms with Crippen LogP contribution in [0.5, 0.6) is 0 Å². The molecule has 1 aromatic rings. The number of likely N-dealkylation sites (tertiary alicyclic amines) is 1. The van der Waals surface area contributed by atoms with Crippen LogP contribution in [-0.2, 0) is 24.4 Å². The normalized spacial score (nSPS) is 23.0. The van der Waals surface area contributed by atoms with Crippen LogP contribution in [-0.4, -0.2) is 50.0 Å². The fourth-order valence-electron chi connectivity index (χ4n) is 4.10. The second kappa shape index (κ2) is 8.62. The molecule has 3 aliphatic rings. The molecule has 2 heterocycles. The van der Waals surface area contributed by atoms with Crippen LogP contribution < -0.4 is 10.0 Å². The molecule has 0 bridgehead atoms. The molecule has 1 fully saturated rings. The van der Waals surface area contributed by atoms with Crippen LogP contribution in [0, 0.1) is 11.8 Å². The van der Waals surface area contributed by atoms with Crippen molar-refractivity contribution in [2.75, 3.05) is 18.4 Å². The van der Waals surface area contributed by atoms with Gasteiger partial charge in [-0.25, -0.2) is 8.42 Å². The number of aliphatic imine (C=N–C) groups is 1. The summed E-state index contributed by atoms with van der Waals surface area (Å²) >= 11 is 0. The molecule has 3 amide bonds. The predicted octanol–water partition coefficient (Wildman–Crippen LogP) is 1.44. The summed E-state index contributed by atoms with van der Waals surface area (Å²) in [4.78, 5) is 42.6. The number of rotatable bonds is 6. The number of hydrogen-bond donors (Lipinski definition) is 2. The molecule has 0 radical (unpaired) electrons. The summed E-state index contributed by atoms with van der Waals surface area (Å²) in [6.45, 7) is 0.615. The molecule has 2 unspecified atom stereocenters. The Morgan fingerprint density at radius 2 is 1.84 bits per heavy atom. The SMILES string of the molecule is O=C(CCN1C(=O)C2CC=CCC2C1=O)Nc1cccc(S(=O)(=O)NC2=NCCC2)c1. The first-order valence-corrected chi connectivity index (χ1v) is 11.8. The van der Waals surface area contributed by atoms with Crippen LogP contribution in [0.3, 0.4) is 0 Å². The van der Waals surface area contributed by atoms with Gasteiger partial charge >= 0.3 is 0 Å². The van der Waals surface area contributed by atoms with Gasteiger partial charge in [0.05, 0.1) is 16.7 Å². The summed E-state index contributed by atoms with van der Waals surface area (Å²) in [6.07, 6.45) is 6.28. The van der Waals surface area contributed by atoms with Crippen LogP contribution >= 0.6 is 0 Å². The van der Waals surface area contributed by atoms with Crippen LogP contribution in [0.4, 0.5) is 5.69 Å². The van der Waals surface area contributed by atoms with Crippen LogP contribution in [0.15, 0.2) is 46.3 Å². The van der Waals surface area contributed by atoms with Gasteiger partial charge < -0.3 is 5.32 Å². The average Bonchev–Trinajstić information content (AvgIpc) is 3.33. The highest BCUT2D eigenvalue weighted by Crippen LogP contribution is 2.35. The molecule has 4 rings (SSSR count). The Kier molecular flexibility index (Phi) is 5.90. The minimum Gasteiger partial charge on any atom is -0.326 e. The molecule has 0 spiro atoms. The second-order valence-corrected chi connectivity index (χ2v) is 9.53. The fraction of sp³-hybridized carbons (Fsp3) is 0.429. The van der Waals surface area contributed by atoms with Crippen molar-refractivity contribution >= 4 is 39.3 Å². The predicted molar refractivity (Wildman–Crippen MR) is 114 cm³/mol. The van der Waals surface area contributed by atoms with Gasteiger partial charge in [0.2, 0.25) is 17.7 Å². The number of nitrogens with zero attached hydrogens (tertiary/aromatic N) is 2. The molecule has 10 heteroatoms. The molecule has 1 saturated heterocycles. The third-order valence-electron chi connectivity index (χ3n) is 5.72. The second-order valence-electron chi connectivity index (χ2n) is 7.85. The molecule has 9 nitrogen and oxygen atoms in total. The zero-order valence-electron chi connectivity index (χ0n) is 16.9. The van der Waals surface area contributed by atoms with Crippen LogP contribution in [0.1, 0.15) is 32.1 Å². The van der Waals surface area contributed by atoms with Gasteiger partial charge in [-0.2, -0.15) is 0 Å². The first-order valence-electron chi connectivity index (χ1n) is 10.3. The van der Waals surface area contributed by atoms with Gasteiger partial charge in [0.1, 0.15) is 5.84 Å². The number of amides is 3. The molecule has 2 atom stereocenters. The van der Waals surface area contributed by atoms with E-state index in [1.807, 2.05) is 12.2 Å². The molecule has 2 aliphatic heterocycles. The van der Waals surface area contributed by atoms with Gasteiger partial charge in [0.25, 0.3) is 10.0 Å². The van der Waals surface area contributed by atoms with Gasteiger partial charge in [0, 0.05) is 31.6 Å². The van der Waals surface area contributed by atoms with Crippen molar-refractivity contribution in [3.63, 3.8) is 0 Å². The summed E-state index contributed by atoms with van der Waals surface area (Å²) in [5.41, 5.74) is 0.318. The molecule has 2 N–H and O–H groups in total. The lowest BCUT2D eigenvalue weighted by Gasteiger charge is -2.14. The Morgan fingerprint density at radius 1 is 1.13 bits per heavy atom. The van der Waals surface area contributed by atoms with Crippen molar-refractivity contribution in [3.8, 4) is 0 Å². The maximum absolute atomic E-state index is 12.5. The van der Waals surface area contributed by atoms with Gasteiger partial charge in [-0.05, 0) is 37.5 Å². The summed E-state index contributed by atoms with van der Waals surface area (Å²) in [7, 11) is -3.79. The van der Waals surface area contributed by atoms with E-state index in [4.69, 9.17) is 0 Å². The van der Waals surface area contributed by atoms with E-state index < -0.39 is 15.9 Å². The zero-order chi connectivity index (χ0) is 22.0. The highest BCUT2D eigenvalue weighted by atomic mass is 32.2. The Hall–Kier alpha value is -3.01. The summed E-state index contributed by atoms with van der Waals surface area (Å²) < 4.78 is 27.5. The number of carbonyl (C=O) groups is 3. The van der Waals surface area contributed by atoms with Crippen molar-refractivity contribution in [1.82, 2.24) is 9.62 Å². The van der Waals surface area contributed by atoms with Gasteiger partial charge in [-0.3, -0.25) is 29.0 Å². The molecular weight excluding hydrogens is 420 g/mol. The standard InChI is InChI=1S/C21H24N4O5S/c26-19(10-12-25-20(27)16-7-1-2-8-17(16)21(25)28)23-14-5-3-6-15(13-14)31(29,30)24-18-9-4-11-22-18/h1-3,5-6,13,16-17H,4,7-12H2,(H,22,24)(H,23,26). The molecule has 31 heavy (non-hydrogen) atoms. The highest BCUT2D eigenvalue weighted by Gasteiger charge is 2.46. The Labute approximate surface area is 180 Å². The average molecular weight is 445 g/mol. The summed E-state index contributed by atoms with van der Waals surface area (Å²) in [6, 6.07) is 5.91. The number of hydrogen-bond acceptors (Lipinski definition) is 6. The largest absolute Gasteiger partial charge is 0.326 e. The third-order valence-corrected chi connectivity index (χ3v) is 7.09. The Balaban J connectivity index is 1.35. The van der Waals surface area contributed by atoms with E-state index in [1.54, 1.807) is 6.07 Å². The van der Waals surface area contributed by atoms with Crippen molar-refractivity contribution in [2.24, 2.45) is 16.8 Å². The molecule has 164 valence electrons. The van der Waals surface area contributed by atoms with Gasteiger partial charge in [-0.15, -0.1) is 0 Å². The molecule has 1 aromatic carbocycles. The summed E-state index contributed by atoms with van der Waals surface area (Å²) in [5, 5.41) is 2.64. The zero-order valence-corrected chi connectivity index (χ0v) is 17.7. The van der Waals surface area contributed by atoms with Crippen LogP contribution in [0.25, 0.3) is 0 Å². The van der Waals surface area contributed by atoms with E-state index in [1.165, 1.54) is 23.1 Å². The number of carbonyl (C=O) groups excluding carboxylic acids is 3. The summed E-state index contributed by atoms with van der Waals surface area (Å²) in [5.74, 6) is -1.05. The lowest BCUT2D eigenvalue weighted by atomic mass is 9.85. The van der Waals surface area contributed by atoms with E-state index in [0.29, 0.717) is 37.3 Å². The number of benzene rings is 1. The van der Waals surface area contributed by atoms with E-state index in [9.17, 15) is 22.8 Å².